The highest BCUT2D eigenvalue weighted by Crippen LogP contribution is 2.44. The molecule has 0 unspecified atom stereocenters. The van der Waals surface area contributed by atoms with Crippen molar-refractivity contribution in [3.05, 3.63) is 12.0 Å². The van der Waals surface area contributed by atoms with Gasteiger partial charge < -0.3 is 0 Å². The molecule has 4 heteroatoms. The Morgan fingerprint density at radius 1 is 1.14 bits per heavy atom. The molecule has 2 rings (SSSR count). The van der Waals surface area contributed by atoms with Crippen LogP contribution in [-0.4, -0.2) is 25.8 Å². The van der Waals surface area contributed by atoms with Gasteiger partial charge in [0.05, 0.1) is 0 Å². The lowest BCUT2D eigenvalue weighted by Crippen LogP contribution is -2.58. The van der Waals surface area contributed by atoms with Crippen LogP contribution in [0.4, 0.5) is 0 Å². The van der Waals surface area contributed by atoms with Crippen LogP contribution in [0.3, 0.4) is 0 Å². The molecule has 0 aromatic carbocycles. The first-order chi connectivity index (χ1) is 6.58. The van der Waals surface area contributed by atoms with E-state index in [1.54, 1.807) is 4.31 Å². The van der Waals surface area contributed by atoms with Crippen LogP contribution in [0.2, 0.25) is 0 Å². The largest absolute Gasteiger partial charge is 0.235 e. The van der Waals surface area contributed by atoms with E-state index in [0.29, 0.717) is 5.41 Å². The van der Waals surface area contributed by atoms with Crippen molar-refractivity contribution in [2.45, 2.75) is 32.1 Å². The SMILES string of the molecule is C=CS(=O)(=O)N1CC2(CCCCC2)C1. The highest BCUT2D eigenvalue weighted by Gasteiger charge is 2.47. The molecule has 1 aliphatic heterocycles. The molecule has 1 spiro atoms. The molecule has 0 N–H and O–H groups in total. The summed E-state index contributed by atoms with van der Waals surface area (Å²) in [5.74, 6) is 0. The Labute approximate surface area is 85.8 Å². The summed E-state index contributed by atoms with van der Waals surface area (Å²) in [6.07, 6.45) is 6.26. The van der Waals surface area contributed by atoms with Crippen LogP contribution >= 0.6 is 0 Å². The second-order valence-electron chi connectivity index (χ2n) is 4.54. The van der Waals surface area contributed by atoms with E-state index in [1.165, 1.54) is 32.1 Å². The highest BCUT2D eigenvalue weighted by atomic mass is 32.2. The van der Waals surface area contributed by atoms with Gasteiger partial charge in [-0.15, -0.1) is 0 Å². The Bertz CT molecular complexity index is 320. The van der Waals surface area contributed by atoms with Gasteiger partial charge in [0.15, 0.2) is 0 Å². The summed E-state index contributed by atoms with van der Waals surface area (Å²) in [6.45, 7) is 4.79. The summed E-state index contributed by atoms with van der Waals surface area (Å²) in [4.78, 5) is 0. The third-order valence-electron chi connectivity index (χ3n) is 3.51. The molecule has 0 aromatic rings. The molecule has 1 aliphatic carbocycles. The van der Waals surface area contributed by atoms with Gasteiger partial charge in [0.1, 0.15) is 0 Å². The Hall–Kier alpha value is -0.350. The molecule has 2 fully saturated rings. The van der Waals surface area contributed by atoms with Crippen molar-refractivity contribution in [3.8, 4) is 0 Å². The molecule has 0 atom stereocenters. The molecule has 1 heterocycles. The lowest BCUT2D eigenvalue weighted by molar-refractivity contribution is 0.0314. The predicted molar refractivity (Wildman–Crippen MR) is 56.2 cm³/mol. The molecular formula is C10H17NO2S. The fourth-order valence-corrected chi connectivity index (χ4v) is 3.72. The number of rotatable bonds is 2. The number of nitrogens with zero attached hydrogens (tertiary/aromatic N) is 1. The second-order valence-corrected chi connectivity index (χ2v) is 6.42. The average Bonchev–Trinajstić information content (AvgIpc) is 2.15. The van der Waals surface area contributed by atoms with Gasteiger partial charge >= 0.3 is 0 Å². The van der Waals surface area contributed by atoms with Crippen LogP contribution < -0.4 is 0 Å². The van der Waals surface area contributed by atoms with E-state index in [4.69, 9.17) is 0 Å². The summed E-state index contributed by atoms with van der Waals surface area (Å²) < 4.78 is 24.4. The number of sulfonamides is 1. The van der Waals surface area contributed by atoms with E-state index in [2.05, 4.69) is 6.58 Å². The quantitative estimate of drug-likeness (QED) is 0.703. The zero-order valence-corrected chi connectivity index (χ0v) is 9.22. The first-order valence-corrected chi connectivity index (χ1v) is 6.71. The van der Waals surface area contributed by atoms with Crippen LogP contribution in [0.25, 0.3) is 0 Å². The van der Waals surface area contributed by atoms with Gasteiger partial charge in [-0.2, -0.15) is 4.31 Å². The lowest BCUT2D eigenvalue weighted by Gasteiger charge is -2.51. The Balaban J connectivity index is 1.98. The molecule has 2 aliphatic rings. The minimum absolute atomic E-state index is 0.328. The summed E-state index contributed by atoms with van der Waals surface area (Å²) in [5, 5.41) is 1.06. The molecule has 1 saturated heterocycles. The molecular weight excluding hydrogens is 198 g/mol. The van der Waals surface area contributed by atoms with Crippen molar-refractivity contribution in [2.75, 3.05) is 13.1 Å². The normalized spacial score (nSPS) is 27.1. The summed E-state index contributed by atoms with van der Waals surface area (Å²) in [7, 11) is -3.14. The van der Waals surface area contributed by atoms with Crippen molar-refractivity contribution in [1.82, 2.24) is 4.31 Å². The molecule has 0 bridgehead atoms. The Kier molecular flexibility index (Phi) is 2.43. The van der Waals surface area contributed by atoms with Crippen LogP contribution in [-0.2, 0) is 10.0 Å². The first kappa shape index (κ1) is 10.2. The van der Waals surface area contributed by atoms with Gasteiger partial charge in [-0.3, -0.25) is 0 Å². The van der Waals surface area contributed by atoms with Crippen molar-refractivity contribution in [2.24, 2.45) is 5.41 Å². The second kappa shape index (κ2) is 3.35. The van der Waals surface area contributed by atoms with Gasteiger partial charge in [-0.1, -0.05) is 25.8 Å². The topological polar surface area (TPSA) is 37.4 Å². The van der Waals surface area contributed by atoms with Crippen LogP contribution in [0.15, 0.2) is 12.0 Å². The number of hydrogen-bond acceptors (Lipinski definition) is 2. The average molecular weight is 215 g/mol. The zero-order chi connectivity index (χ0) is 10.2. The van der Waals surface area contributed by atoms with E-state index in [-0.39, 0.29) is 0 Å². The van der Waals surface area contributed by atoms with Gasteiger partial charge in [0.25, 0.3) is 0 Å². The van der Waals surface area contributed by atoms with E-state index in [0.717, 1.165) is 18.5 Å². The smallest absolute Gasteiger partial charge is 0.208 e. The Morgan fingerprint density at radius 3 is 2.21 bits per heavy atom. The van der Waals surface area contributed by atoms with Crippen molar-refractivity contribution in [3.63, 3.8) is 0 Å². The van der Waals surface area contributed by atoms with Crippen molar-refractivity contribution >= 4 is 10.0 Å². The van der Waals surface area contributed by atoms with Crippen molar-refractivity contribution < 1.29 is 8.42 Å². The maximum atomic E-state index is 11.4. The van der Waals surface area contributed by atoms with Gasteiger partial charge in [0, 0.05) is 18.5 Å². The summed E-state index contributed by atoms with van der Waals surface area (Å²) >= 11 is 0. The fourth-order valence-electron chi connectivity index (χ4n) is 2.61. The van der Waals surface area contributed by atoms with Gasteiger partial charge in [0.2, 0.25) is 10.0 Å². The molecule has 80 valence electrons. The van der Waals surface area contributed by atoms with Gasteiger partial charge in [-0.05, 0) is 18.3 Å². The molecule has 0 amide bonds. The Morgan fingerprint density at radius 2 is 1.71 bits per heavy atom. The van der Waals surface area contributed by atoms with Crippen LogP contribution in [0, 0.1) is 5.41 Å². The van der Waals surface area contributed by atoms with E-state index in [1.807, 2.05) is 0 Å². The molecule has 1 saturated carbocycles. The third kappa shape index (κ3) is 1.61. The van der Waals surface area contributed by atoms with E-state index >= 15 is 0 Å². The minimum atomic E-state index is -3.14. The highest BCUT2D eigenvalue weighted by molar-refractivity contribution is 7.92. The van der Waals surface area contributed by atoms with Crippen molar-refractivity contribution in [1.29, 1.82) is 0 Å². The zero-order valence-electron chi connectivity index (χ0n) is 8.41. The number of hydrogen-bond donors (Lipinski definition) is 0. The fraction of sp³-hybridized carbons (Fsp3) is 0.800. The molecule has 0 radical (unpaired) electrons. The van der Waals surface area contributed by atoms with Crippen LogP contribution in [0.1, 0.15) is 32.1 Å². The lowest BCUT2D eigenvalue weighted by atomic mass is 9.70. The molecule has 14 heavy (non-hydrogen) atoms. The molecule has 0 aromatic heterocycles. The van der Waals surface area contributed by atoms with Gasteiger partial charge in [-0.25, -0.2) is 8.42 Å². The maximum absolute atomic E-state index is 11.4. The maximum Gasteiger partial charge on any atom is 0.235 e. The summed E-state index contributed by atoms with van der Waals surface area (Å²) in [5.41, 5.74) is 0.328. The van der Waals surface area contributed by atoms with E-state index in [9.17, 15) is 8.42 Å². The third-order valence-corrected chi connectivity index (χ3v) is 4.91. The predicted octanol–water partition coefficient (Wildman–Crippen LogP) is 1.73. The first-order valence-electron chi connectivity index (χ1n) is 5.21. The van der Waals surface area contributed by atoms with E-state index < -0.39 is 10.0 Å². The summed E-state index contributed by atoms with van der Waals surface area (Å²) in [6, 6.07) is 0. The van der Waals surface area contributed by atoms with Crippen LogP contribution in [0.5, 0.6) is 0 Å². The monoisotopic (exact) mass is 215 g/mol. The molecule has 3 nitrogen and oxygen atoms in total. The minimum Gasteiger partial charge on any atom is -0.208 e. The standard InChI is InChI=1S/C10H17NO2S/c1-2-14(12,13)11-8-10(9-11)6-4-3-5-7-10/h2H,1,3-9H2.